The number of esters is 1. The molecule has 88 valence electrons. The molecule has 0 amide bonds. The summed E-state index contributed by atoms with van der Waals surface area (Å²) in [6.07, 6.45) is 0.0520. The van der Waals surface area contributed by atoms with Crippen molar-refractivity contribution in [2.24, 2.45) is 0 Å². The van der Waals surface area contributed by atoms with Crippen molar-refractivity contribution in [3.8, 4) is 5.75 Å². The van der Waals surface area contributed by atoms with E-state index in [0.29, 0.717) is 28.0 Å². The van der Waals surface area contributed by atoms with Crippen molar-refractivity contribution < 1.29 is 14.3 Å². The van der Waals surface area contributed by atoms with E-state index in [0.717, 1.165) is 0 Å². The topological polar surface area (TPSA) is 35.5 Å². The van der Waals surface area contributed by atoms with Gasteiger partial charge in [0.1, 0.15) is 5.75 Å². The first-order valence-electron chi connectivity index (χ1n) is 4.76. The number of carbonyl (C=O) groups excluding carboxylic acids is 1. The second-order valence-corrected chi connectivity index (χ2v) is 3.84. The van der Waals surface area contributed by atoms with Gasteiger partial charge in [-0.2, -0.15) is 0 Å². The molecule has 0 N–H and O–H groups in total. The van der Waals surface area contributed by atoms with E-state index in [2.05, 4.69) is 0 Å². The molecular formula is C11H12Cl2O3. The summed E-state index contributed by atoms with van der Waals surface area (Å²) in [6, 6.07) is 3.25. The summed E-state index contributed by atoms with van der Waals surface area (Å²) in [5, 5.41) is 0.862. The minimum atomic E-state index is -0.357. The second-order valence-electron chi connectivity index (χ2n) is 3.02. The highest BCUT2D eigenvalue weighted by molar-refractivity contribution is 6.35. The van der Waals surface area contributed by atoms with Crippen LogP contribution in [0.2, 0.25) is 10.0 Å². The van der Waals surface area contributed by atoms with Gasteiger partial charge >= 0.3 is 5.97 Å². The van der Waals surface area contributed by atoms with Gasteiger partial charge in [-0.3, -0.25) is 4.79 Å². The summed E-state index contributed by atoms with van der Waals surface area (Å²) in [5.74, 6) is 0.0622. The summed E-state index contributed by atoms with van der Waals surface area (Å²) in [7, 11) is 1.48. The number of methoxy groups -OCH3 is 1. The molecule has 0 saturated carbocycles. The van der Waals surface area contributed by atoms with Crippen molar-refractivity contribution in [3.05, 3.63) is 27.7 Å². The van der Waals surface area contributed by atoms with E-state index in [-0.39, 0.29) is 12.4 Å². The summed E-state index contributed by atoms with van der Waals surface area (Å²) < 4.78 is 9.96. The molecule has 0 saturated heterocycles. The van der Waals surface area contributed by atoms with Crippen LogP contribution in [0.4, 0.5) is 0 Å². The minimum Gasteiger partial charge on any atom is -0.495 e. The lowest BCUT2D eigenvalue weighted by Gasteiger charge is -2.11. The van der Waals surface area contributed by atoms with Gasteiger partial charge in [0.2, 0.25) is 0 Å². The quantitative estimate of drug-likeness (QED) is 0.783. The molecule has 0 radical (unpaired) electrons. The third-order valence-corrected chi connectivity index (χ3v) is 2.64. The van der Waals surface area contributed by atoms with Crippen LogP contribution in [0.5, 0.6) is 5.75 Å². The Hall–Kier alpha value is -0.930. The molecule has 0 atom stereocenters. The lowest BCUT2D eigenvalue weighted by atomic mass is 10.1. The molecule has 0 fully saturated rings. The third-order valence-electron chi connectivity index (χ3n) is 1.99. The number of hydrogen-bond acceptors (Lipinski definition) is 3. The fourth-order valence-corrected chi connectivity index (χ4v) is 1.79. The Morgan fingerprint density at radius 3 is 2.50 bits per heavy atom. The van der Waals surface area contributed by atoms with E-state index in [9.17, 15) is 4.79 Å². The Labute approximate surface area is 104 Å². The zero-order chi connectivity index (χ0) is 12.1. The first-order chi connectivity index (χ1) is 7.60. The van der Waals surface area contributed by atoms with Crippen LogP contribution in [-0.4, -0.2) is 19.7 Å². The van der Waals surface area contributed by atoms with Gasteiger partial charge in [0.05, 0.1) is 25.2 Å². The van der Waals surface area contributed by atoms with Gasteiger partial charge in [0.25, 0.3) is 0 Å². The van der Waals surface area contributed by atoms with Crippen molar-refractivity contribution in [2.45, 2.75) is 13.3 Å². The van der Waals surface area contributed by atoms with Crippen LogP contribution < -0.4 is 4.74 Å². The van der Waals surface area contributed by atoms with Crippen molar-refractivity contribution in [3.63, 3.8) is 0 Å². The van der Waals surface area contributed by atoms with Crippen molar-refractivity contribution in [1.82, 2.24) is 0 Å². The summed E-state index contributed by atoms with van der Waals surface area (Å²) >= 11 is 11.9. The van der Waals surface area contributed by atoms with Gasteiger partial charge in [-0.1, -0.05) is 23.2 Å². The van der Waals surface area contributed by atoms with Crippen LogP contribution in [0.1, 0.15) is 12.5 Å². The molecule has 16 heavy (non-hydrogen) atoms. The minimum absolute atomic E-state index is 0.0520. The molecule has 0 aliphatic heterocycles. The molecular weight excluding hydrogens is 251 g/mol. The Morgan fingerprint density at radius 1 is 1.31 bits per heavy atom. The first-order valence-corrected chi connectivity index (χ1v) is 5.52. The van der Waals surface area contributed by atoms with E-state index in [1.807, 2.05) is 0 Å². The number of ether oxygens (including phenoxy) is 2. The van der Waals surface area contributed by atoms with Crippen LogP contribution in [-0.2, 0) is 16.0 Å². The highest BCUT2D eigenvalue weighted by Gasteiger charge is 2.16. The standard InChI is InChI=1S/C11H12Cl2O3/c1-3-16-10(14)6-7-8(12)4-5-9(13)11(7)15-2/h4-5H,3,6H2,1-2H3. The largest absolute Gasteiger partial charge is 0.495 e. The Bertz CT molecular complexity index is 391. The van der Waals surface area contributed by atoms with Crippen LogP contribution in [0.25, 0.3) is 0 Å². The van der Waals surface area contributed by atoms with Crippen LogP contribution >= 0.6 is 23.2 Å². The maximum absolute atomic E-state index is 11.4. The molecule has 0 spiro atoms. The highest BCUT2D eigenvalue weighted by atomic mass is 35.5. The highest BCUT2D eigenvalue weighted by Crippen LogP contribution is 2.34. The van der Waals surface area contributed by atoms with Gasteiger partial charge in [-0.15, -0.1) is 0 Å². The lowest BCUT2D eigenvalue weighted by Crippen LogP contribution is -2.09. The predicted molar refractivity (Wildman–Crippen MR) is 63.4 cm³/mol. The fraction of sp³-hybridized carbons (Fsp3) is 0.364. The third kappa shape index (κ3) is 3.03. The maximum Gasteiger partial charge on any atom is 0.310 e. The van der Waals surface area contributed by atoms with E-state index in [4.69, 9.17) is 32.7 Å². The number of halogens is 2. The molecule has 1 aromatic carbocycles. The summed E-state index contributed by atoms with van der Waals surface area (Å²) in [5.41, 5.74) is 0.551. The molecule has 0 aromatic heterocycles. The number of carbonyl (C=O) groups is 1. The summed E-state index contributed by atoms with van der Waals surface area (Å²) in [4.78, 5) is 11.4. The van der Waals surface area contributed by atoms with E-state index in [1.54, 1.807) is 19.1 Å². The Kier molecular flexibility index (Phi) is 4.90. The molecule has 1 aromatic rings. The Balaban J connectivity index is 3.01. The van der Waals surface area contributed by atoms with Gasteiger partial charge in [0.15, 0.2) is 0 Å². The van der Waals surface area contributed by atoms with Gasteiger partial charge in [-0.05, 0) is 19.1 Å². The molecule has 1 rings (SSSR count). The normalized spacial score (nSPS) is 10.0. The van der Waals surface area contributed by atoms with Crippen molar-refractivity contribution in [2.75, 3.05) is 13.7 Å². The number of benzene rings is 1. The zero-order valence-corrected chi connectivity index (χ0v) is 10.6. The first kappa shape index (κ1) is 13.1. The average molecular weight is 263 g/mol. The SMILES string of the molecule is CCOC(=O)Cc1c(Cl)ccc(Cl)c1OC. The number of hydrogen-bond donors (Lipinski definition) is 0. The molecule has 0 aliphatic carbocycles. The fourth-order valence-electron chi connectivity index (χ4n) is 1.32. The van der Waals surface area contributed by atoms with E-state index < -0.39 is 0 Å². The molecule has 0 unspecified atom stereocenters. The van der Waals surface area contributed by atoms with E-state index in [1.165, 1.54) is 7.11 Å². The molecule has 0 bridgehead atoms. The average Bonchev–Trinajstić information content (AvgIpc) is 2.24. The van der Waals surface area contributed by atoms with Gasteiger partial charge in [-0.25, -0.2) is 0 Å². The molecule has 3 nitrogen and oxygen atoms in total. The van der Waals surface area contributed by atoms with Gasteiger partial charge < -0.3 is 9.47 Å². The molecule has 0 heterocycles. The molecule has 0 aliphatic rings. The maximum atomic E-state index is 11.4. The second kappa shape index (κ2) is 5.97. The smallest absolute Gasteiger partial charge is 0.310 e. The number of rotatable bonds is 4. The molecule has 5 heteroatoms. The lowest BCUT2D eigenvalue weighted by molar-refractivity contribution is -0.142. The Morgan fingerprint density at radius 2 is 1.94 bits per heavy atom. The monoisotopic (exact) mass is 262 g/mol. The van der Waals surface area contributed by atoms with Crippen LogP contribution in [0.3, 0.4) is 0 Å². The van der Waals surface area contributed by atoms with Crippen LogP contribution in [0, 0.1) is 0 Å². The van der Waals surface area contributed by atoms with Crippen molar-refractivity contribution in [1.29, 1.82) is 0 Å². The zero-order valence-electron chi connectivity index (χ0n) is 9.05. The summed E-state index contributed by atoms with van der Waals surface area (Å²) in [6.45, 7) is 2.08. The predicted octanol–water partition coefficient (Wildman–Crippen LogP) is 3.11. The van der Waals surface area contributed by atoms with Crippen LogP contribution in [0.15, 0.2) is 12.1 Å². The van der Waals surface area contributed by atoms with E-state index >= 15 is 0 Å². The van der Waals surface area contributed by atoms with Gasteiger partial charge in [0, 0.05) is 10.6 Å². The van der Waals surface area contributed by atoms with Crippen molar-refractivity contribution >= 4 is 29.2 Å².